The molecule has 0 amide bonds. The quantitative estimate of drug-likeness (QED) is 0.328. The van der Waals surface area contributed by atoms with Gasteiger partial charge in [0.15, 0.2) is 0 Å². The number of rotatable bonds is 2. The summed E-state index contributed by atoms with van der Waals surface area (Å²) in [6, 6.07) is 2.40. The van der Waals surface area contributed by atoms with Gasteiger partial charge < -0.3 is 9.47 Å². The Bertz CT molecular complexity index is 1090. The Morgan fingerprint density at radius 2 is 1.21 bits per heavy atom. The second-order valence-electron chi connectivity index (χ2n) is 10.3. The number of fused-ring (bicyclic) bond motifs is 4. The van der Waals surface area contributed by atoms with E-state index in [-0.39, 0.29) is 6.10 Å². The van der Waals surface area contributed by atoms with Gasteiger partial charge in [-0.1, -0.05) is 67.7 Å². The van der Waals surface area contributed by atoms with E-state index in [1.165, 1.54) is 85.3 Å². The third-order valence-electron chi connectivity index (χ3n) is 8.23. The summed E-state index contributed by atoms with van der Waals surface area (Å²) in [6.07, 6.45) is 10.3. The van der Waals surface area contributed by atoms with Gasteiger partial charge in [-0.2, -0.15) is 0 Å². The maximum absolute atomic E-state index is 5.69. The SMILES string of the molecule is COC1c2c(Br)c3c(c(Br)c2CC1C)CCC3.COC1c2cc3c(c(Br)c2CC1C)CCC3. The molecule has 2 nitrogen and oxygen atoms in total. The molecule has 0 saturated heterocycles. The minimum Gasteiger partial charge on any atom is -0.376 e. The highest BCUT2D eigenvalue weighted by atomic mass is 79.9. The Hall–Kier alpha value is -0.200. The summed E-state index contributed by atoms with van der Waals surface area (Å²) in [5, 5.41) is 0. The number of halogens is 3. The van der Waals surface area contributed by atoms with Crippen molar-refractivity contribution < 1.29 is 9.47 Å². The Morgan fingerprint density at radius 3 is 1.91 bits per heavy atom. The second-order valence-corrected chi connectivity index (χ2v) is 12.6. The second kappa shape index (κ2) is 9.69. The zero-order valence-electron chi connectivity index (χ0n) is 20.0. The highest BCUT2D eigenvalue weighted by Gasteiger charge is 2.36. The highest BCUT2D eigenvalue weighted by molar-refractivity contribution is 9.11. The first kappa shape index (κ1) is 24.5. The lowest BCUT2D eigenvalue weighted by atomic mass is 10.0. The summed E-state index contributed by atoms with van der Waals surface area (Å²) >= 11 is 11.5. The molecule has 0 aliphatic heterocycles. The highest BCUT2D eigenvalue weighted by Crippen LogP contribution is 2.50. The Morgan fingerprint density at radius 1 is 0.667 bits per heavy atom. The third kappa shape index (κ3) is 4.02. The zero-order chi connectivity index (χ0) is 23.4. The van der Waals surface area contributed by atoms with Gasteiger partial charge in [-0.25, -0.2) is 0 Å². The molecule has 0 bridgehead atoms. The summed E-state index contributed by atoms with van der Waals surface area (Å²) in [5.74, 6) is 1.18. The predicted octanol–water partition coefficient (Wildman–Crippen LogP) is 8.40. The predicted molar refractivity (Wildman–Crippen MR) is 145 cm³/mol. The molecule has 0 aromatic heterocycles. The first-order chi connectivity index (χ1) is 15.9. The van der Waals surface area contributed by atoms with E-state index in [4.69, 9.17) is 9.47 Å². The fourth-order valence-electron chi connectivity index (χ4n) is 6.70. The molecule has 4 unspecified atom stereocenters. The van der Waals surface area contributed by atoms with Crippen molar-refractivity contribution in [2.45, 2.75) is 77.4 Å². The van der Waals surface area contributed by atoms with Crippen LogP contribution in [0.3, 0.4) is 0 Å². The van der Waals surface area contributed by atoms with Crippen molar-refractivity contribution in [2.75, 3.05) is 14.2 Å². The van der Waals surface area contributed by atoms with Gasteiger partial charge in [0.1, 0.15) is 0 Å². The Kier molecular flexibility index (Phi) is 7.19. The molecule has 6 rings (SSSR count). The van der Waals surface area contributed by atoms with Crippen LogP contribution in [0.1, 0.15) is 83.4 Å². The van der Waals surface area contributed by atoms with Gasteiger partial charge in [-0.05, 0) is 108 Å². The molecule has 33 heavy (non-hydrogen) atoms. The molecule has 5 heteroatoms. The van der Waals surface area contributed by atoms with Gasteiger partial charge in [0.25, 0.3) is 0 Å². The van der Waals surface area contributed by atoms with Gasteiger partial charge in [-0.3, -0.25) is 0 Å². The average Bonchev–Trinajstić information content (AvgIpc) is 3.57. The molecule has 4 aliphatic carbocycles. The van der Waals surface area contributed by atoms with Crippen molar-refractivity contribution in [1.82, 2.24) is 0 Å². The van der Waals surface area contributed by atoms with Crippen LogP contribution >= 0.6 is 47.8 Å². The molecular weight excluding hydrogens is 608 g/mol. The monoisotopic (exact) mass is 638 g/mol. The fourth-order valence-corrected chi connectivity index (χ4v) is 9.26. The zero-order valence-corrected chi connectivity index (χ0v) is 24.8. The van der Waals surface area contributed by atoms with E-state index < -0.39 is 0 Å². The number of hydrogen-bond acceptors (Lipinski definition) is 2. The van der Waals surface area contributed by atoms with Crippen LogP contribution in [0.2, 0.25) is 0 Å². The van der Waals surface area contributed by atoms with Gasteiger partial charge in [-0.15, -0.1) is 0 Å². The van der Waals surface area contributed by atoms with Crippen molar-refractivity contribution in [3.05, 3.63) is 64.0 Å². The van der Waals surface area contributed by atoms with Crippen LogP contribution in [0.25, 0.3) is 0 Å². The van der Waals surface area contributed by atoms with E-state index in [0.717, 1.165) is 12.8 Å². The van der Waals surface area contributed by atoms with Gasteiger partial charge >= 0.3 is 0 Å². The molecule has 0 heterocycles. The van der Waals surface area contributed by atoms with E-state index in [1.807, 2.05) is 14.2 Å². The van der Waals surface area contributed by atoms with E-state index in [2.05, 4.69) is 67.7 Å². The Balaban J connectivity index is 0.000000139. The lowest BCUT2D eigenvalue weighted by Crippen LogP contribution is -2.06. The van der Waals surface area contributed by atoms with Gasteiger partial charge in [0.05, 0.1) is 12.2 Å². The molecule has 2 aromatic rings. The minimum absolute atomic E-state index is 0.251. The van der Waals surface area contributed by atoms with E-state index in [0.29, 0.717) is 17.9 Å². The standard InChI is InChI=1S/C14H16Br2O.C14H17BrO/c1-7-6-10-11(14(7)17-2)13(16)9-5-3-4-8(9)12(10)15;1-8-6-11-12(14(8)16-2)7-9-4-3-5-10(9)13(11)15/h7,14H,3-6H2,1-2H3;7-8,14H,3-6H2,1-2H3. The van der Waals surface area contributed by atoms with Crippen molar-refractivity contribution in [3.8, 4) is 0 Å². The van der Waals surface area contributed by atoms with Crippen LogP contribution in [0, 0.1) is 11.8 Å². The van der Waals surface area contributed by atoms with Gasteiger partial charge in [0.2, 0.25) is 0 Å². The lowest BCUT2D eigenvalue weighted by Gasteiger charge is -2.18. The molecule has 0 radical (unpaired) electrons. The number of benzene rings is 2. The number of aryl methyl sites for hydroxylation is 1. The number of ether oxygens (including phenoxy) is 2. The smallest absolute Gasteiger partial charge is 0.0863 e. The van der Waals surface area contributed by atoms with E-state index >= 15 is 0 Å². The van der Waals surface area contributed by atoms with Crippen molar-refractivity contribution in [2.24, 2.45) is 11.8 Å². The van der Waals surface area contributed by atoms with Crippen LogP contribution in [-0.4, -0.2) is 14.2 Å². The van der Waals surface area contributed by atoms with Crippen LogP contribution in [0.15, 0.2) is 19.5 Å². The van der Waals surface area contributed by atoms with Gasteiger partial charge in [0, 0.05) is 27.6 Å². The third-order valence-corrected chi connectivity index (χ3v) is 11.0. The van der Waals surface area contributed by atoms with Crippen molar-refractivity contribution in [3.63, 3.8) is 0 Å². The maximum Gasteiger partial charge on any atom is 0.0863 e. The molecule has 4 aliphatic rings. The number of hydrogen-bond donors (Lipinski definition) is 0. The first-order valence-corrected chi connectivity index (χ1v) is 14.6. The molecule has 0 N–H and O–H groups in total. The maximum atomic E-state index is 5.69. The molecule has 2 aromatic carbocycles. The van der Waals surface area contributed by atoms with Crippen molar-refractivity contribution in [1.29, 1.82) is 0 Å². The number of methoxy groups -OCH3 is 2. The largest absolute Gasteiger partial charge is 0.376 e. The van der Waals surface area contributed by atoms with E-state index in [1.54, 1.807) is 11.1 Å². The van der Waals surface area contributed by atoms with Crippen LogP contribution in [-0.2, 0) is 48.0 Å². The summed E-state index contributed by atoms with van der Waals surface area (Å²) in [7, 11) is 3.65. The molecule has 178 valence electrons. The lowest BCUT2D eigenvalue weighted by molar-refractivity contribution is 0.0690. The summed E-state index contributed by atoms with van der Waals surface area (Å²) in [5.41, 5.74) is 11.9. The summed E-state index contributed by atoms with van der Waals surface area (Å²) in [6.45, 7) is 4.56. The molecule has 0 spiro atoms. The summed E-state index contributed by atoms with van der Waals surface area (Å²) in [4.78, 5) is 0. The first-order valence-electron chi connectivity index (χ1n) is 12.3. The fraction of sp³-hybridized carbons (Fsp3) is 0.571. The Labute approximate surface area is 223 Å². The molecule has 4 atom stereocenters. The molecular formula is C28H33Br3O2. The van der Waals surface area contributed by atoms with Crippen LogP contribution < -0.4 is 0 Å². The van der Waals surface area contributed by atoms with Crippen LogP contribution in [0.4, 0.5) is 0 Å². The topological polar surface area (TPSA) is 18.5 Å². The average molecular weight is 641 g/mol. The normalized spacial score (nSPS) is 26.5. The molecule has 0 saturated carbocycles. The summed E-state index contributed by atoms with van der Waals surface area (Å²) < 4.78 is 15.4. The van der Waals surface area contributed by atoms with Crippen molar-refractivity contribution >= 4 is 47.8 Å². The minimum atomic E-state index is 0.251. The van der Waals surface area contributed by atoms with Crippen LogP contribution in [0.5, 0.6) is 0 Å². The van der Waals surface area contributed by atoms with E-state index in [9.17, 15) is 0 Å². The molecule has 0 fully saturated rings.